The number of carbonyl (C=O) groups excluding carboxylic acids is 2. The minimum Gasteiger partial charge on any atom is -0.453 e. The molecule has 0 radical (unpaired) electrons. The molecular weight excluding hydrogens is 402 g/mol. The van der Waals surface area contributed by atoms with E-state index in [1.165, 1.54) is 7.11 Å². The number of benzene rings is 1. The van der Waals surface area contributed by atoms with E-state index < -0.39 is 6.09 Å². The predicted octanol–water partition coefficient (Wildman–Crippen LogP) is 1.34. The van der Waals surface area contributed by atoms with Crippen LogP contribution in [0.5, 0.6) is 0 Å². The molecule has 2 aromatic rings. The Bertz CT molecular complexity index is 967. The summed E-state index contributed by atoms with van der Waals surface area (Å²) in [6, 6.07) is 7.05. The van der Waals surface area contributed by atoms with Crippen LogP contribution in [0.3, 0.4) is 0 Å². The Labute approximate surface area is 180 Å². The summed E-state index contributed by atoms with van der Waals surface area (Å²) in [4.78, 5) is 45.2. The molecule has 1 fully saturated rings. The Morgan fingerprint density at radius 2 is 1.94 bits per heavy atom. The standard InChI is InChI=1S/C21H27N5O5/c1-14-17(19(28)25-20(23-14)26-9-11-31-12-10-26)7-8-18(27)22-13-15-3-5-16(6-4-15)24-21(29)30-2/h3-6H,7-13H2,1-2H3,(H,22,27)(H,24,29)(H,23,25,28). The Hall–Kier alpha value is -3.40. The van der Waals surface area contributed by atoms with E-state index in [0.717, 1.165) is 5.56 Å². The molecule has 0 spiro atoms. The fourth-order valence-electron chi connectivity index (χ4n) is 3.22. The van der Waals surface area contributed by atoms with Gasteiger partial charge in [-0.05, 0) is 31.0 Å². The minimum atomic E-state index is -0.543. The first kappa shape index (κ1) is 22.3. The molecule has 3 rings (SSSR count). The molecule has 0 atom stereocenters. The van der Waals surface area contributed by atoms with E-state index in [-0.39, 0.29) is 17.9 Å². The maximum absolute atomic E-state index is 12.5. The van der Waals surface area contributed by atoms with Gasteiger partial charge in [-0.25, -0.2) is 9.78 Å². The van der Waals surface area contributed by atoms with Crippen LogP contribution in [0.15, 0.2) is 29.1 Å². The van der Waals surface area contributed by atoms with Crippen LogP contribution in [0, 0.1) is 6.92 Å². The van der Waals surface area contributed by atoms with Crippen LogP contribution >= 0.6 is 0 Å². The highest BCUT2D eigenvalue weighted by Crippen LogP contribution is 2.12. The van der Waals surface area contributed by atoms with Gasteiger partial charge in [0.1, 0.15) is 0 Å². The predicted molar refractivity (Wildman–Crippen MR) is 115 cm³/mol. The molecule has 0 unspecified atom stereocenters. The molecule has 2 heterocycles. The largest absolute Gasteiger partial charge is 0.453 e. The second-order valence-electron chi connectivity index (χ2n) is 7.14. The lowest BCUT2D eigenvalue weighted by molar-refractivity contribution is -0.121. The summed E-state index contributed by atoms with van der Waals surface area (Å²) in [6.07, 6.45) is -0.0469. The van der Waals surface area contributed by atoms with Gasteiger partial charge in [-0.15, -0.1) is 0 Å². The molecule has 3 N–H and O–H groups in total. The molecule has 31 heavy (non-hydrogen) atoms. The second kappa shape index (κ2) is 10.6. The van der Waals surface area contributed by atoms with E-state index >= 15 is 0 Å². The van der Waals surface area contributed by atoms with Crippen LogP contribution in [0.25, 0.3) is 0 Å². The van der Waals surface area contributed by atoms with Crippen LogP contribution in [0.1, 0.15) is 23.2 Å². The molecule has 0 saturated carbocycles. The molecule has 1 saturated heterocycles. The van der Waals surface area contributed by atoms with E-state index in [2.05, 4.69) is 25.3 Å². The lowest BCUT2D eigenvalue weighted by Crippen LogP contribution is -2.38. The zero-order chi connectivity index (χ0) is 22.2. The average molecular weight is 429 g/mol. The molecule has 1 aromatic carbocycles. The number of rotatable bonds is 7. The third kappa shape index (κ3) is 6.29. The molecule has 166 valence electrons. The molecule has 0 bridgehead atoms. The van der Waals surface area contributed by atoms with Gasteiger partial charge in [-0.1, -0.05) is 12.1 Å². The number of carbonyl (C=O) groups is 2. The zero-order valence-electron chi connectivity index (χ0n) is 17.7. The lowest BCUT2D eigenvalue weighted by atomic mass is 10.1. The van der Waals surface area contributed by atoms with Crippen molar-refractivity contribution < 1.29 is 19.1 Å². The number of aromatic amines is 1. The van der Waals surface area contributed by atoms with Gasteiger partial charge in [0.15, 0.2) is 0 Å². The van der Waals surface area contributed by atoms with Crippen molar-refractivity contribution in [2.75, 3.05) is 43.6 Å². The van der Waals surface area contributed by atoms with Crippen LogP contribution in [0.4, 0.5) is 16.4 Å². The first-order chi connectivity index (χ1) is 15.0. The summed E-state index contributed by atoms with van der Waals surface area (Å²) in [5, 5.41) is 5.40. The van der Waals surface area contributed by atoms with Crippen molar-refractivity contribution in [3.63, 3.8) is 0 Å². The van der Waals surface area contributed by atoms with Gasteiger partial charge in [0.2, 0.25) is 11.9 Å². The highest BCUT2D eigenvalue weighted by Gasteiger charge is 2.16. The smallest absolute Gasteiger partial charge is 0.411 e. The van der Waals surface area contributed by atoms with Gasteiger partial charge in [0.05, 0.1) is 20.3 Å². The number of aromatic nitrogens is 2. The van der Waals surface area contributed by atoms with Gasteiger partial charge in [-0.3, -0.25) is 19.9 Å². The van der Waals surface area contributed by atoms with Crippen molar-refractivity contribution in [2.24, 2.45) is 0 Å². The molecular formula is C21H27N5O5. The molecule has 2 amide bonds. The minimum absolute atomic E-state index is 0.159. The maximum atomic E-state index is 12.5. The zero-order valence-corrected chi connectivity index (χ0v) is 17.7. The SMILES string of the molecule is COC(=O)Nc1ccc(CNC(=O)CCc2c(C)nc(N3CCOCC3)[nH]c2=O)cc1. The summed E-state index contributed by atoms with van der Waals surface area (Å²) in [7, 11) is 1.29. The number of ether oxygens (including phenoxy) is 2. The molecule has 0 aliphatic carbocycles. The van der Waals surface area contributed by atoms with Crippen molar-refractivity contribution in [2.45, 2.75) is 26.3 Å². The molecule has 1 aromatic heterocycles. The third-order valence-corrected chi connectivity index (χ3v) is 5.00. The topological polar surface area (TPSA) is 126 Å². The van der Waals surface area contributed by atoms with Crippen molar-refractivity contribution in [1.82, 2.24) is 15.3 Å². The summed E-state index contributed by atoms with van der Waals surface area (Å²) in [6.45, 7) is 4.72. The highest BCUT2D eigenvalue weighted by molar-refractivity contribution is 5.84. The normalized spacial score (nSPS) is 13.5. The average Bonchev–Trinajstić information content (AvgIpc) is 2.78. The number of nitrogens with one attached hydrogen (secondary N) is 3. The van der Waals surface area contributed by atoms with Crippen LogP contribution in [0.2, 0.25) is 0 Å². The van der Waals surface area contributed by atoms with Crippen molar-refractivity contribution in [1.29, 1.82) is 0 Å². The number of hydrogen-bond donors (Lipinski definition) is 3. The third-order valence-electron chi connectivity index (χ3n) is 5.00. The van der Waals surface area contributed by atoms with Gasteiger partial charge in [0.25, 0.3) is 5.56 Å². The van der Waals surface area contributed by atoms with Crippen molar-refractivity contribution >= 4 is 23.6 Å². The number of anilines is 2. The first-order valence-electron chi connectivity index (χ1n) is 10.1. The highest BCUT2D eigenvalue weighted by atomic mass is 16.5. The number of nitrogens with zero attached hydrogens (tertiary/aromatic N) is 2. The molecule has 1 aliphatic heterocycles. The summed E-state index contributed by atoms with van der Waals surface area (Å²) < 4.78 is 9.86. The number of H-pyrrole nitrogens is 1. The fraction of sp³-hybridized carbons (Fsp3) is 0.429. The number of amides is 2. The Morgan fingerprint density at radius 3 is 2.58 bits per heavy atom. The summed E-state index contributed by atoms with van der Waals surface area (Å²) in [5.74, 6) is 0.386. The maximum Gasteiger partial charge on any atom is 0.411 e. The van der Waals surface area contributed by atoms with E-state index in [4.69, 9.17) is 4.74 Å². The monoisotopic (exact) mass is 429 g/mol. The van der Waals surface area contributed by atoms with E-state index in [1.54, 1.807) is 31.2 Å². The Morgan fingerprint density at radius 1 is 1.23 bits per heavy atom. The van der Waals surface area contributed by atoms with E-state index in [9.17, 15) is 14.4 Å². The lowest BCUT2D eigenvalue weighted by Gasteiger charge is -2.27. The van der Waals surface area contributed by atoms with Crippen LogP contribution in [-0.2, 0) is 27.2 Å². The van der Waals surface area contributed by atoms with Crippen LogP contribution in [-0.4, -0.2) is 55.4 Å². The quantitative estimate of drug-likeness (QED) is 0.606. The Balaban J connectivity index is 1.50. The Kier molecular flexibility index (Phi) is 7.60. The molecule has 10 heteroatoms. The van der Waals surface area contributed by atoms with E-state index in [1.807, 2.05) is 4.90 Å². The number of methoxy groups -OCH3 is 1. The van der Waals surface area contributed by atoms with Gasteiger partial charge in [-0.2, -0.15) is 0 Å². The number of aryl methyl sites for hydroxylation is 1. The second-order valence-corrected chi connectivity index (χ2v) is 7.14. The summed E-state index contributed by atoms with van der Waals surface area (Å²) in [5.41, 5.74) is 2.42. The molecule has 10 nitrogen and oxygen atoms in total. The van der Waals surface area contributed by atoms with Crippen molar-refractivity contribution in [3.8, 4) is 0 Å². The van der Waals surface area contributed by atoms with Gasteiger partial charge >= 0.3 is 6.09 Å². The van der Waals surface area contributed by atoms with Crippen LogP contribution < -0.4 is 21.1 Å². The van der Waals surface area contributed by atoms with Gasteiger partial charge in [0, 0.05) is 43.0 Å². The first-order valence-corrected chi connectivity index (χ1v) is 10.1. The number of hydrogen-bond acceptors (Lipinski definition) is 7. The summed E-state index contributed by atoms with van der Waals surface area (Å²) >= 11 is 0. The van der Waals surface area contributed by atoms with Gasteiger partial charge < -0.3 is 19.7 Å². The van der Waals surface area contributed by atoms with Crippen molar-refractivity contribution in [3.05, 3.63) is 51.4 Å². The fourth-order valence-corrected chi connectivity index (χ4v) is 3.22. The molecule has 1 aliphatic rings. The van der Waals surface area contributed by atoms with E-state index in [0.29, 0.717) is 62.2 Å². The number of morpholine rings is 1.